The van der Waals surface area contributed by atoms with E-state index in [9.17, 15) is 14.4 Å². The number of rotatable bonds is 8. The van der Waals surface area contributed by atoms with E-state index in [1.165, 1.54) is 7.11 Å². The first-order valence-electron chi connectivity index (χ1n) is 9.78. The minimum absolute atomic E-state index is 0.118. The molecule has 31 heavy (non-hydrogen) atoms. The van der Waals surface area contributed by atoms with E-state index in [2.05, 4.69) is 10.6 Å². The SMILES string of the molecule is COCCOC(=O)Nc1cccc(NC(=O)C2CC(=O)N(c3cccc(OC)c3)C2)c1. The first-order chi connectivity index (χ1) is 15.0. The second kappa shape index (κ2) is 10.4. The van der Waals surface area contributed by atoms with Crippen LogP contribution in [0.3, 0.4) is 0 Å². The summed E-state index contributed by atoms with van der Waals surface area (Å²) in [5.74, 6) is -0.237. The molecule has 1 aliphatic rings. The Morgan fingerprint density at radius 2 is 1.77 bits per heavy atom. The molecule has 9 nitrogen and oxygen atoms in total. The van der Waals surface area contributed by atoms with Gasteiger partial charge in [0.2, 0.25) is 11.8 Å². The van der Waals surface area contributed by atoms with E-state index in [4.69, 9.17) is 14.2 Å². The molecule has 9 heteroatoms. The number of ether oxygens (including phenoxy) is 3. The molecule has 0 aliphatic carbocycles. The lowest BCUT2D eigenvalue weighted by atomic mass is 10.1. The maximum atomic E-state index is 12.7. The Morgan fingerprint density at radius 3 is 2.52 bits per heavy atom. The van der Waals surface area contributed by atoms with Crippen LogP contribution in [0, 0.1) is 5.92 Å². The molecule has 1 saturated heterocycles. The average Bonchev–Trinajstić information content (AvgIpc) is 3.16. The number of benzene rings is 2. The largest absolute Gasteiger partial charge is 0.497 e. The standard InChI is InChI=1S/C22H25N3O6/c1-29-9-10-31-22(28)24-17-6-3-5-16(12-17)23-21(27)15-11-20(26)25(14-15)18-7-4-8-19(13-18)30-2/h3-8,12-13,15H,9-11,14H2,1-2H3,(H,23,27)(H,24,28). The van der Waals surface area contributed by atoms with Crippen molar-refractivity contribution >= 4 is 35.0 Å². The lowest BCUT2D eigenvalue weighted by Crippen LogP contribution is -2.28. The topological polar surface area (TPSA) is 106 Å². The molecule has 1 aliphatic heterocycles. The van der Waals surface area contributed by atoms with Gasteiger partial charge < -0.3 is 24.4 Å². The molecule has 0 saturated carbocycles. The van der Waals surface area contributed by atoms with Gasteiger partial charge in [-0.05, 0) is 30.3 Å². The zero-order valence-corrected chi connectivity index (χ0v) is 17.4. The lowest BCUT2D eigenvalue weighted by molar-refractivity contribution is -0.122. The first kappa shape index (κ1) is 22.1. The van der Waals surface area contributed by atoms with Crippen LogP contribution >= 0.6 is 0 Å². The van der Waals surface area contributed by atoms with Gasteiger partial charge in [0, 0.05) is 43.2 Å². The van der Waals surface area contributed by atoms with E-state index in [0.717, 1.165) is 0 Å². The third-order valence-corrected chi connectivity index (χ3v) is 4.76. The van der Waals surface area contributed by atoms with Crippen molar-refractivity contribution < 1.29 is 28.6 Å². The number of hydrogen-bond acceptors (Lipinski definition) is 6. The summed E-state index contributed by atoms with van der Waals surface area (Å²) in [6.45, 7) is 0.719. The van der Waals surface area contributed by atoms with E-state index in [1.807, 2.05) is 6.07 Å². The fourth-order valence-electron chi connectivity index (χ4n) is 3.20. The van der Waals surface area contributed by atoms with Gasteiger partial charge in [0.15, 0.2) is 0 Å². The number of nitrogens with one attached hydrogen (secondary N) is 2. The Bertz CT molecular complexity index is 948. The molecule has 0 spiro atoms. The number of nitrogens with zero attached hydrogens (tertiary/aromatic N) is 1. The van der Waals surface area contributed by atoms with E-state index in [-0.39, 0.29) is 31.4 Å². The van der Waals surface area contributed by atoms with Crippen LogP contribution in [-0.4, -0.2) is 51.9 Å². The van der Waals surface area contributed by atoms with Crippen LogP contribution < -0.4 is 20.3 Å². The van der Waals surface area contributed by atoms with Gasteiger partial charge in [0.05, 0.1) is 19.6 Å². The summed E-state index contributed by atoms with van der Waals surface area (Å²) in [6.07, 6.45) is -0.497. The van der Waals surface area contributed by atoms with Crippen LogP contribution in [0.4, 0.5) is 21.9 Å². The monoisotopic (exact) mass is 427 g/mol. The van der Waals surface area contributed by atoms with E-state index in [0.29, 0.717) is 29.4 Å². The summed E-state index contributed by atoms with van der Waals surface area (Å²) in [6, 6.07) is 13.9. The van der Waals surface area contributed by atoms with Gasteiger partial charge in [-0.1, -0.05) is 12.1 Å². The molecule has 2 aromatic carbocycles. The average molecular weight is 427 g/mol. The Morgan fingerprint density at radius 1 is 1.03 bits per heavy atom. The van der Waals surface area contributed by atoms with Gasteiger partial charge in [-0.25, -0.2) is 4.79 Å². The highest BCUT2D eigenvalue weighted by Gasteiger charge is 2.35. The highest BCUT2D eigenvalue weighted by Crippen LogP contribution is 2.28. The molecule has 1 atom stereocenters. The van der Waals surface area contributed by atoms with Crippen molar-refractivity contribution in [3.63, 3.8) is 0 Å². The summed E-state index contributed by atoms with van der Waals surface area (Å²) < 4.78 is 15.0. The van der Waals surface area contributed by atoms with Crippen molar-refractivity contribution in [2.24, 2.45) is 5.92 Å². The van der Waals surface area contributed by atoms with Gasteiger partial charge in [0.1, 0.15) is 12.4 Å². The Labute approximate surface area is 180 Å². The molecule has 0 radical (unpaired) electrons. The van der Waals surface area contributed by atoms with Crippen molar-refractivity contribution in [1.29, 1.82) is 0 Å². The molecular weight excluding hydrogens is 402 g/mol. The quantitative estimate of drug-likeness (QED) is 0.628. The minimum Gasteiger partial charge on any atom is -0.497 e. The fourth-order valence-corrected chi connectivity index (χ4v) is 3.20. The van der Waals surface area contributed by atoms with Crippen LogP contribution in [0.15, 0.2) is 48.5 Å². The molecule has 0 aromatic heterocycles. The van der Waals surface area contributed by atoms with Gasteiger partial charge in [-0.15, -0.1) is 0 Å². The predicted molar refractivity (Wildman–Crippen MR) is 115 cm³/mol. The predicted octanol–water partition coefficient (Wildman–Crippen LogP) is 2.88. The Kier molecular flexibility index (Phi) is 7.45. The number of amides is 3. The van der Waals surface area contributed by atoms with E-state index in [1.54, 1.807) is 54.5 Å². The minimum atomic E-state index is -0.615. The molecule has 164 valence electrons. The van der Waals surface area contributed by atoms with Crippen LogP contribution in [0.1, 0.15) is 6.42 Å². The number of hydrogen-bond donors (Lipinski definition) is 2. The number of carbonyl (C=O) groups excluding carboxylic acids is 3. The first-order valence-corrected chi connectivity index (χ1v) is 9.78. The summed E-state index contributed by atoms with van der Waals surface area (Å²) in [5, 5.41) is 5.40. The van der Waals surface area contributed by atoms with Crippen molar-refractivity contribution in [3.8, 4) is 5.75 Å². The van der Waals surface area contributed by atoms with Crippen molar-refractivity contribution in [1.82, 2.24) is 0 Å². The normalized spacial score (nSPS) is 15.5. The summed E-state index contributed by atoms with van der Waals surface area (Å²) in [4.78, 5) is 38.5. The van der Waals surface area contributed by atoms with Gasteiger partial charge >= 0.3 is 6.09 Å². The van der Waals surface area contributed by atoms with Crippen LogP contribution in [-0.2, 0) is 19.1 Å². The number of anilines is 3. The van der Waals surface area contributed by atoms with Crippen LogP contribution in [0.5, 0.6) is 5.75 Å². The number of carbonyl (C=O) groups is 3. The summed E-state index contributed by atoms with van der Waals surface area (Å²) >= 11 is 0. The van der Waals surface area contributed by atoms with Gasteiger partial charge in [-0.2, -0.15) is 0 Å². The summed E-state index contributed by atoms with van der Waals surface area (Å²) in [5.41, 5.74) is 1.67. The van der Waals surface area contributed by atoms with Crippen LogP contribution in [0.25, 0.3) is 0 Å². The Balaban J connectivity index is 1.59. The van der Waals surface area contributed by atoms with Crippen LogP contribution in [0.2, 0.25) is 0 Å². The molecule has 3 amide bonds. The third-order valence-electron chi connectivity index (χ3n) is 4.76. The highest BCUT2D eigenvalue weighted by atomic mass is 16.6. The number of methoxy groups -OCH3 is 2. The van der Waals surface area contributed by atoms with E-state index >= 15 is 0 Å². The molecule has 3 rings (SSSR count). The maximum absolute atomic E-state index is 12.7. The van der Waals surface area contributed by atoms with E-state index < -0.39 is 12.0 Å². The highest BCUT2D eigenvalue weighted by molar-refractivity contribution is 6.03. The maximum Gasteiger partial charge on any atom is 0.411 e. The molecule has 0 bridgehead atoms. The lowest BCUT2D eigenvalue weighted by Gasteiger charge is -2.17. The zero-order chi connectivity index (χ0) is 22.2. The molecule has 1 heterocycles. The van der Waals surface area contributed by atoms with Gasteiger partial charge in [-0.3, -0.25) is 14.9 Å². The molecular formula is C22H25N3O6. The molecule has 1 fully saturated rings. The van der Waals surface area contributed by atoms with Crippen molar-refractivity contribution in [3.05, 3.63) is 48.5 Å². The fraction of sp³-hybridized carbons (Fsp3) is 0.318. The second-order valence-corrected chi connectivity index (χ2v) is 6.93. The smallest absolute Gasteiger partial charge is 0.411 e. The molecule has 2 N–H and O–H groups in total. The summed E-state index contributed by atoms with van der Waals surface area (Å²) in [7, 11) is 3.07. The second-order valence-electron chi connectivity index (χ2n) is 6.93. The Hall–Kier alpha value is -3.59. The van der Waals surface area contributed by atoms with Gasteiger partial charge in [0.25, 0.3) is 0 Å². The third kappa shape index (κ3) is 5.95. The zero-order valence-electron chi connectivity index (χ0n) is 17.4. The van der Waals surface area contributed by atoms with Crippen molar-refractivity contribution in [2.75, 3.05) is 49.5 Å². The van der Waals surface area contributed by atoms with Crippen molar-refractivity contribution in [2.45, 2.75) is 6.42 Å². The molecule has 2 aromatic rings. The molecule has 1 unspecified atom stereocenters.